The Hall–Kier alpha value is -2.86. The van der Waals surface area contributed by atoms with Gasteiger partial charge in [0.1, 0.15) is 12.6 Å². The second-order valence-electron chi connectivity index (χ2n) is 7.98. The highest BCUT2D eigenvalue weighted by Gasteiger charge is 2.53. The van der Waals surface area contributed by atoms with Gasteiger partial charge in [0.05, 0.1) is 13.2 Å². The van der Waals surface area contributed by atoms with Gasteiger partial charge in [-0.15, -0.1) is 0 Å². The molecular weight excluding hydrogens is 358 g/mol. The lowest BCUT2D eigenvalue weighted by Gasteiger charge is -2.37. The second kappa shape index (κ2) is 6.34. The van der Waals surface area contributed by atoms with Crippen molar-refractivity contribution < 1.29 is 24.2 Å². The SMILES string of the molecule is O=C(O)C1CC2(COC2)CN1C(=O)OCC1c2ccccc2-c2ccccc21. The number of ether oxygens (including phenoxy) is 2. The Labute approximate surface area is 162 Å². The lowest BCUT2D eigenvalue weighted by Crippen LogP contribution is -2.45. The third-order valence-corrected chi connectivity index (χ3v) is 6.18. The zero-order valence-electron chi connectivity index (χ0n) is 15.3. The van der Waals surface area contributed by atoms with Crippen LogP contribution in [-0.4, -0.2) is 54.5 Å². The number of hydrogen-bond acceptors (Lipinski definition) is 4. The maximum atomic E-state index is 12.8. The van der Waals surface area contributed by atoms with Crippen LogP contribution in [0.15, 0.2) is 48.5 Å². The third kappa shape index (κ3) is 2.59. The Balaban J connectivity index is 1.35. The quantitative estimate of drug-likeness (QED) is 0.887. The molecule has 144 valence electrons. The molecule has 0 saturated carbocycles. The smallest absolute Gasteiger partial charge is 0.410 e. The van der Waals surface area contributed by atoms with E-state index in [1.807, 2.05) is 24.3 Å². The summed E-state index contributed by atoms with van der Waals surface area (Å²) < 4.78 is 10.9. The molecule has 2 heterocycles. The fourth-order valence-corrected chi connectivity index (χ4v) is 4.75. The van der Waals surface area contributed by atoms with E-state index in [0.717, 1.165) is 22.3 Å². The van der Waals surface area contributed by atoms with Crippen molar-refractivity contribution in [1.29, 1.82) is 0 Å². The number of likely N-dealkylation sites (tertiary alicyclic amines) is 1. The van der Waals surface area contributed by atoms with E-state index < -0.39 is 18.1 Å². The minimum Gasteiger partial charge on any atom is -0.480 e. The maximum absolute atomic E-state index is 12.8. The van der Waals surface area contributed by atoms with Gasteiger partial charge in [-0.2, -0.15) is 0 Å². The van der Waals surface area contributed by atoms with E-state index >= 15 is 0 Å². The molecule has 0 radical (unpaired) electrons. The van der Waals surface area contributed by atoms with Crippen molar-refractivity contribution in [3.63, 3.8) is 0 Å². The summed E-state index contributed by atoms with van der Waals surface area (Å²) in [7, 11) is 0. The van der Waals surface area contributed by atoms with Crippen molar-refractivity contribution in [3.05, 3.63) is 59.7 Å². The number of carboxylic acids is 1. The first-order valence-corrected chi connectivity index (χ1v) is 9.50. The highest BCUT2D eigenvalue weighted by molar-refractivity contribution is 5.82. The van der Waals surface area contributed by atoms with Crippen molar-refractivity contribution in [2.24, 2.45) is 5.41 Å². The van der Waals surface area contributed by atoms with Crippen LogP contribution in [0.25, 0.3) is 11.1 Å². The number of amides is 1. The molecular formula is C22H21NO5. The summed E-state index contributed by atoms with van der Waals surface area (Å²) in [6.45, 7) is 1.58. The van der Waals surface area contributed by atoms with Crippen LogP contribution in [0.4, 0.5) is 4.79 Å². The highest BCUT2D eigenvalue weighted by Crippen LogP contribution is 2.45. The van der Waals surface area contributed by atoms with Crippen LogP contribution in [0.1, 0.15) is 23.5 Å². The van der Waals surface area contributed by atoms with Crippen LogP contribution in [0, 0.1) is 5.41 Å². The van der Waals surface area contributed by atoms with Crippen LogP contribution in [-0.2, 0) is 14.3 Å². The number of rotatable bonds is 3. The average Bonchev–Trinajstić information content (AvgIpc) is 3.24. The molecule has 2 aromatic rings. The number of carbonyl (C=O) groups excluding carboxylic acids is 1. The molecule has 28 heavy (non-hydrogen) atoms. The normalized spacial score (nSPS) is 21.9. The van der Waals surface area contributed by atoms with Crippen LogP contribution >= 0.6 is 0 Å². The van der Waals surface area contributed by atoms with Crippen LogP contribution in [0.3, 0.4) is 0 Å². The third-order valence-electron chi connectivity index (χ3n) is 6.18. The standard InChI is InChI=1S/C22H21NO5/c24-20(25)19-9-22(12-27-13-22)11-23(19)21(26)28-10-18-16-7-3-1-5-14(16)15-6-2-4-8-17(15)18/h1-8,18-19H,9-13H2,(H,24,25). The summed E-state index contributed by atoms with van der Waals surface area (Å²) >= 11 is 0. The first-order chi connectivity index (χ1) is 13.6. The summed E-state index contributed by atoms with van der Waals surface area (Å²) in [4.78, 5) is 25.8. The zero-order chi connectivity index (χ0) is 19.3. The fraction of sp³-hybridized carbons (Fsp3) is 0.364. The van der Waals surface area contributed by atoms with Gasteiger partial charge in [-0.25, -0.2) is 9.59 Å². The van der Waals surface area contributed by atoms with Crippen LogP contribution in [0.5, 0.6) is 0 Å². The zero-order valence-corrected chi connectivity index (χ0v) is 15.3. The van der Waals surface area contributed by atoms with E-state index in [0.29, 0.717) is 26.2 Å². The van der Waals surface area contributed by atoms with Gasteiger partial charge in [0, 0.05) is 17.9 Å². The van der Waals surface area contributed by atoms with Gasteiger partial charge in [-0.05, 0) is 28.7 Å². The lowest BCUT2D eigenvalue weighted by atomic mass is 9.84. The summed E-state index contributed by atoms with van der Waals surface area (Å²) in [6, 6.07) is 15.4. The van der Waals surface area contributed by atoms with Gasteiger partial charge in [-0.1, -0.05) is 48.5 Å². The van der Waals surface area contributed by atoms with E-state index in [1.54, 1.807) is 0 Å². The number of benzene rings is 2. The molecule has 2 saturated heterocycles. The summed E-state index contributed by atoms with van der Waals surface area (Å²) in [6.07, 6.45) is -0.134. The first-order valence-electron chi connectivity index (χ1n) is 9.50. The molecule has 1 N–H and O–H groups in total. The van der Waals surface area contributed by atoms with E-state index in [-0.39, 0.29) is 17.9 Å². The number of aliphatic carboxylic acids is 1. The van der Waals surface area contributed by atoms with E-state index in [1.165, 1.54) is 4.90 Å². The summed E-state index contributed by atoms with van der Waals surface area (Å²) in [5.41, 5.74) is 4.37. The monoisotopic (exact) mass is 379 g/mol. The van der Waals surface area contributed by atoms with Gasteiger partial charge in [0.15, 0.2) is 0 Å². The van der Waals surface area contributed by atoms with Crippen LogP contribution < -0.4 is 0 Å². The number of hydrogen-bond donors (Lipinski definition) is 1. The topological polar surface area (TPSA) is 76.1 Å². The molecule has 0 aromatic heterocycles. The van der Waals surface area contributed by atoms with Gasteiger partial charge in [0.25, 0.3) is 0 Å². The van der Waals surface area contributed by atoms with Crippen molar-refractivity contribution in [1.82, 2.24) is 4.90 Å². The molecule has 6 nitrogen and oxygen atoms in total. The Kier molecular flexibility index (Phi) is 3.91. The molecule has 2 aliphatic heterocycles. The van der Waals surface area contributed by atoms with Gasteiger partial charge in [0.2, 0.25) is 0 Å². The fourth-order valence-electron chi connectivity index (χ4n) is 4.75. The molecule has 1 amide bonds. The molecule has 6 heteroatoms. The minimum atomic E-state index is -0.989. The number of nitrogens with zero attached hydrogens (tertiary/aromatic N) is 1. The Morgan fingerprint density at radius 1 is 1.07 bits per heavy atom. The number of fused-ring (bicyclic) bond motifs is 3. The highest BCUT2D eigenvalue weighted by atomic mass is 16.6. The number of carboxylic acid groups (broad SMARTS) is 1. The molecule has 1 aliphatic carbocycles. The minimum absolute atomic E-state index is 0.0387. The molecule has 2 aromatic carbocycles. The Bertz CT molecular complexity index is 906. The van der Waals surface area contributed by atoms with Gasteiger partial charge in [-0.3, -0.25) is 4.90 Å². The van der Waals surface area contributed by atoms with E-state index in [9.17, 15) is 14.7 Å². The lowest BCUT2D eigenvalue weighted by molar-refractivity contribution is -0.142. The Morgan fingerprint density at radius 3 is 2.21 bits per heavy atom. The second-order valence-corrected chi connectivity index (χ2v) is 7.98. The number of carbonyl (C=O) groups is 2. The van der Waals surface area contributed by atoms with E-state index in [2.05, 4.69) is 24.3 Å². The maximum Gasteiger partial charge on any atom is 0.410 e. The van der Waals surface area contributed by atoms with Crippen molar-refractivity contribution in [2.45, 2.75) is 18.4 Å². The van der Waals surface area contributed by atoms with E-state index in [4.69, 9.17) is 9.47 Å². The molecule has 0 bridgehead atoms. The molecule has 5 rings (SSSR count). The summed E-state index contributed by atoms with van der Waals surface area (Å²) in [5.74, 6) is -1.03. The largest absolute Gasteiger partial charge is 0.480 e. The van der Waals surface area contributed by atoms with Crippen molar-refractivity contribution in [2.75, 3.05) is 26.4 Å². The molecule has 1 spiro atoms. The molecule has 2 fully saturated rings. The average molecular weight is 379 g/mol. The molecule has 1 unspecified atom stereocenters. The molecule has 1 atom stereocenters. The predicted octanol–water partition coefficient (Wildman–Crippen LogP) is 3.11. The summed E-state index contributed by atoms with van der Waals surface area (Å²) in [5, 5.41) is 9.53. The van der Waals surface area contributed by atoms with Gasteiger partial charge >= 0.3 is 12.1 Å². The first kappa shape index (κ1) is 17.3. The van der Waals surface area contributed by atoms with Crippen molar-refractivity contribution in [3.8, 4) is 11.1 Å². The Morgan fingerprint density at radius 2 is 1.68 bits per heavy atom. The van der Waals surface area contributed by atoms with Gasteiger partial charge < -0.3 is 14.6 Å². The predicted molar refractivity (Wildman–Crippen MR) is 101 cm³/mol. The van der Waals surface area contributed by atoms with Crippen molar-refractivity contribution >= 4 is 12.1 Å². The van der Waals surface area contributed by atoms with Crippen LogP contribution in [0.2, 0.25) is 0 Å². The molecule has 3 aliphatic rings.